The van der Waals surface area contributed by atoms with Crippen LogP contribution in [0.25, 0.3) is 10.8 Å². The minimum atomic E-state index is -0.914. The minimum Gasteiger partial charge on any atom is -0.481 e. The van der Waals surface area contributed by atoms with Crippen molar-refractivity contribution in [1.82, 2.24) is 0 Å². The maximum atomic E-state index is 12.4. The van der Waals surface area contributed by atoms with Gasteiger partial charge in [0.25, 0.3) is 0 Å². The highest BCUT2D eigenvalue weighted by Gasteiger charge is 2.33. The number of fused-ring (bicyclic) bond motifs is 1. The minimum absolute atomic E-state index is 0.230. The molecule has 1 aliphatic carbocycles. The number of carbonyl (C=O) groups excluding carboxylic acids is 1. The summed E-state index contributed by atoms with van der Waals surface area (Å²) in [5.41, 5.74) is 0.697. The Bertz CT molecular complexity index is 751. The van der Waals surface area contributed by atoms with Crippen LogP contribution in [-0.4, -0.2) is 17.0 Å². The Balaban J connectivity index is 1.80. The fourth-order valence-corrected chi connectivity index (χ4v) is 2.88. The number of aliphatic carboxylic acids is 1. The first-order chi connectivity index (χ1) is 10.6. The highest BCUT2D eigenvalue weighted by molar-refractivity contribution is 5.97. The smallest absolute Gasteiger partial charge is 0.307 e. The average molecular weight is 295 g/mol. The van der Waals surface area contributed by atoms with Crippen LogP contribution in [0.15, 0.2) is 54.6 Å². The van der Waals surface area contributed by atoms with E-state index in [1.165, 1.54) is 0 Å². The van der Waals surface area contributed by atoms with Gasteiger partial charge in [-0.05, 0) is 35.7 Å². The van der Waals surface area contributed by atoms with Crippen molar-refractivity contribution in [2.45, 2.75) is 12.8 Å². The molecule has 0 unspecified atom stereocenters. The SMILES string of the molecule is O=C(O)[C@H]1CC=CC[C@@H]1C(=O)Nc1ccc2ccccc2c1. The number of carboxylic acid groups (broad SMARTS) is 1. The van der Waals surface area contributed by atoms with Gasteiger partial charge in [-0.25, -0.2) is 0 Å². The van der Waals surface area contributed by atoms with Gasteiger partial charge in [0, 0.05) is 5.69 Å². The number of amides is 1. The van der Waals surface area contributed by atoms with E-state index in [0.29, 0.717) is 18.5 Å². The van der Waals surface area contributed by atoms with Crippen LogP contribution in [-0.2, 0) is 9.59 Å². The Morgan fingerprint density at radius 1 is 0.955 bits per heavy atom. The second kappa shape index (κ2) is 6.02. The molecule has 0 bridgehead atoms. The number of nitrogens with one attached hydrogen (secondary N) is 1. The van der Waals surface area contributed by atoms with E-state index < -0.39 is 17.8 Å². The molecule has 112 valence electrons. The summed E-state index contributed by atoms with van der Waals surface area (Å²) in [5, 5.41) is 14.2. The van der Waals surface area contributed by atoms with Crippen molar-refractivity contribution in [1.29, 1.82) is 0 Å². The van der Waals surface area contributed by atoms with Gasteiger partial charge >= 0.3 is 5.97 Å². The molecule has 0 radical (unpaired) electrons. The van der Waals surface area contributed by atoms with Gasteiger partial charge in [0.15, 0.2) is 0 Å². The molecule has 2 aromatic rings. The van der Waals surface area contributed by atoms with Crippen molar-refractivity contribution < 1.29 is 14.7 Å². The molecule has 0 spiro atoms. The summed E-state index contributed by atoms with van der Waals surface area (Å²) in [4.78, 5) is 23.7. The van der Waals surface area contributed by atoms with E-state index in [4.69, 9.17) is 0 Å². The molecule has 3 rings (SSSR count). The third kappa shape index (κ3) is 2.86. The van der Waals surface area contributed by atoms with Crippen molar-refractivity contribution >= 4 is 28.3 Å². The number of allylic oxidation sites excluding steroid dienone is 2. The lowest BCUT2D eigenvalue weighted by molar-refractivity contribution is -0.146. The average Bonchev–Trinajstić information content (AvgIpc) is 2.54. The monoisotopic (exact) mass is 295 g/mol. The van der Waals surface area contributed by atoms with E-state index in [9.17, 15) is 14.7 Å². The summed E-state index contributed by atoms with van der Waals surface area (Å²) < 4.78 is 0. The van der Waals surface area contributed by atoms with Crippen LogP contribution in [0.5, 0.6) is 0 Å². The van der Waals surface area contributed by atoms with E-state index in [-0.39, 0.29) is 5.91 Å². The summed E-state index contributed by atoms with van der Waals surface area (Å²) in [6, 6.07) is 13.6. The van der Waals surface area contributed by atoms with Crippen LogP contribution in [0.1, 0.15) is 12.8 Å². The molecular weight excluding hydrogens is 278 g/mol. The lowest BCUT2D eigenvalue weighted by Gasteiger charge is -2.24. The molecule has 0 saturated carbocycles. The van der Waals surface area contributed by atoms with Gasteiger partial charge in [-0.3, -0.25) is 9.59 Å². The number of hydrogen-bond acceptors (Lipinski definition) is 2. The zero-order valence-electron chi connectivity index (χ0n) is 12.0. The maximum absolute atomic E-state index is 12.4. The second-order valence-electron chi connectivity index (χ2n) is 5.55. The van der Waals surface area contributed by atoms with Crippen LogP contribution < -0.4 is 5.32 Å². The molecular formula is C18H17NO3. The Labute approximate surface area is 128 Å². The van der Waals surface area contributed by atoms with Crippen molar-refractivity contribution in [2.75, 3.05) is 5.32 Å². The summed E-state index contributed by atoms with van der Waals surface area (Å²) >= 11 is 0. The third-order valence-corrected chi connectivity index (χ3v) is 4.10. The summed E-state index contributed by atoms with van der Waals surface area (Å²) in [6.07, 6.45) is 4.59. The molecule has 2 N–H and O–H groups in total. The first kappa shape index (κ1) is 14.3. The molecule has 1 amide bonds. The van der Waals surface area contributed by atoms with E-state index in [0.717, 1.165) is 10.8 Å². The van der Waals surface area contributed by atoms with Gasteiger partial charge < -0.3 is 10.4 Å². The molecule has 1 aliphatic rings. The zero-order chi connectivity index (χ0) is 15.5. The molecule has 4 heteroatoms. The van der Waals surface area contributed by atoms with Crippen LogP contribution >= 0.6 is 0 Å². The van der Waals surface area contributed by atoms with Crippen molar-refractivity contribution in [3.8, 4) is 0 Å². The number of carboxylic acids is 1. The maximum Gasteiger partial charge on any atom is 0.307 e. The number of carbonyl (C=O) groups is 2. The van der Waals surface area contributed by atoms with Gasteiger partial charge in [0.05, 0.1) is 11.8 Å². The van der Waals surface area contributed by atoms with Crippen LogP contribution in [0.4, 0.5) is 5.69 Å². The first-order valence-electron chi connectivity index (χ1n) is 7.32. The topological polar surface area (TPSA) is 66.4 Å². The molecule has 0 saturated heterocycles. The van der Waals surface area contributed by atoms with E-state index >= 15 is 0 Å². The predicted molar refractivity (Wildman–Crippen MR) is 85.6 cm³/mol. The fraction of sp³-hybridized carbons (Fsp3) is 0.222. The quantitative estimate of drug-likeness (QED) is 0.852. The molecule has 0 aromatic heterocycles. The van der Waals surface area contributed by atoms with Crippen LogP contribution in [0.3, 0.4) is 0 Å². The Morgan fingerprint density at radius 3 is 2.36 bits per heavy atom. The van der Waals surface area contributed by atoms with Gasteiger partial charge in [-0.15, -0.1) is 0 Å². The van der Waals surface area contributed by atoms with Gasteiger partial charge in [0.2, 0.25) is 5.91 Å². The number of rotatable bonds is 3. The van der Waals surface area contributed by atoms with Gasteiger partial charge in [-0.1, -0.05) is 42.5 Å². The number of hydrogen-bond donors (Lipinski definition) is 2. The van der Waals surface area contributed by atoms with E-state index in [2.05, 4.69) is 5.32 Å². The molecule has 0 heterocycles. The summed E-state index contributed by atoms with van der Waals surface area (Å²) in [6.45, 7) is 0. The zero-order valence-corrected chi connectivity index (χ0v) is 12.0. The van der Waals surface area contributed by atoms with E-state index in [1.54, 1.807) is 0 Å². The Hall–Kier alpha value is -2.62. The van der Waals surface area contributed by atoms with Gasteiger partial charge in [-0.2, -0.15) is 0 Å². The second-order valence-corrected chi connectivity index (χ2v) is 5.55. The molecule has 4 nitrogen and oxygen atoms in total. The van der Waals surface area contributed by atoms with Crippen molar-refractivity contribution in [2.24, 2.45) is 11.8 Å². The number of benzene rings is 2. The third-order valence-electron chi connectivity index (χ3n) is 4.10. The van der Waals surface area contributed by atoms with E-state index in [1.807, 2.05) is 54.6 Å². The summed E-state index contributed by atoms with van der Waals surface area (Å²) in [7, 11) is 0. The van der Waals surface area contributed by atoms with Crippen molar-refractivity contribution in [3.05, 3.63) is 54.6 Å². The standard InChI is InChI=1S/C18H17NO3/c20-17(15-7-3-4-8-16(15)18(21)22)19-14-10-9-12-5-1-2-6-13(12)11-14/h1-6,9-11,15-16H,7-8H2,(H,19,20)(H,21,22)/t15-,16-/m0/s1. The normalized spacial score (nSPS) is 20.7. The van der Waals surface area contributed by atoms with Gasteiger partial charge in [0.1, 0.15) is 0 Å². The highest BCUT2D eigenvalue weighted by Crippen LogP contribution is 2.28. The molecule has 2 aromatic carbocycles. The predicted octanol–water partition coefficient (Wildman–Crippen LogP) is 3.45. The first-order valence-corrected chi connectivity index (χ1v) is 7.32. The number of anilines is 1. The summed E-state index contributed by atoms with van der Waals surface area (Å²) in [5.74, 6) is -2.31. The fourth-order valence-electron chi connectivity index (χ4n) is 2.88. The Kier molecular flexibility index (Phi) is 3.92. The lowest BCUT2D eigenvalue weighted by atomic mass is 9.82. The largest absolute Gasteiger partial charge is 0.481 e. The molecule has 0 aliphatic heterocycles. The van der Waals surface area contributed by atoms with Crippen molar-refractivity contribution in [3.63, 3.8) is 0 Å². The van der Waals surface area contributed by atoms with Crippen LogP contribution in [0.2, 0.25) is 0 Å². The van der Waals surface area contributed by atoms with Crippen LogP contribution in [0, 0.1) is 11.8 Å². The molecule has 2 atom stereocenters. The Morgan fingerprint density at radius 2 is 1.64 bits per heavy atom. The molecule has 22 heavy (non-hydrogen) atoms. The highest BCUT2D eigenvalue weighted by atomic mass is 16.4. The molecule has 0 fully saturated rings. The lowest BCUT2D eigenvalue weighted by Crippen LogP contribution is -2.34.